The number of rotatable bonds is 2. The van der Waals surface area contributed by atoms with Crippen LogP contribution in [-0.4, -0.2) is 8.42 Å². The summed E-state index contributed by atoms with van der Waals surface area (Å²) in [6.07, 6.45) is 0.554. The summed E-state index contributed by atoms with van der Waals surface area (Å²) in [7, 11) is -3.82. The Balaban J connectivity index is 1.91. The van der Waals surface area contributed by atoms with Crippen LogP contribution in [0.15, 0.2) is 70.5 Å². The summed E-state index contributed by atoms with van der Waals surface area (Å²) >= 11 is 0. The minimum Gasteiger partial charge on any atom is -0.396 e. The fourth-order valence-electron chi connectivity index (χ4n) is 3.18. The van der Waals surface area contributed by atoms with Gasteiger partial charge < -0.3 is 5.73 Å². The van der Waals surface area contributed by atoms with Crippen LogP contribution < -0.4 is 5.73 Å². The predicted octanol–water partition coefficient (Wildman–Crippen LogP) is 3.81. The van der Waals surface area contributed by atoms with Gasteiger partial charge in [0.2, 0.25) is 9.84 Å². The maximum absolute atomic E-state index is 13.7. The molecule has 5 heteroatoms. The third-order valence-corrected chi connectivity index (χ3v) is 6.22. The first kappa shape index (κ1) is 14.9. The fraction of sp³-hybridized carbons (Fsp3) is 0.0526. The summed E-state index contributed by atoms with van der Waals surface area (Å²) in [5.74, 6) is -0.730. The van der Waals surface area contributed by atoms with Crippen molar-refractivity contribution in [3.63, 3.8) is 0 Å². The largest absolute Gasteiger partial charge is 0.396 e. The molecular weight excluding hydrogens is 325 g/mol. The second-order valence-corrected chi connectivity index (χ2v) is 7.72. The van der Waals surface area contributed by atoms with Crippen molar-refractivity contribution in [2.75, 3.05) is 5.73 Å². The van der Waals surface area contributed by atoms with Crippen LogP contribution in [0.1, 0.15) is 11.1 Å². The number of hydrogen-bond donors (Lipinski definition) is 1. The molecule has 0 aromatic heterocycles. The Kier molecular flexibility index (Phi) is 3.21. The topological polar surface area (TPSA) is 60.2 Å². The molecule has 2 N–H and O–H groups in total. The first-order valence-corrected chi connectivity index (χ1v) is 8.97. The number of sulfone groups is 1. The number of benzene rings is 3. The Hall–Kier alpha value is -2.66. The molecular formula is C19H14FNO2S. The third kappa shape index (κ3) is 2.12. The molecule has 0 aliphatic heterocycles. The molecule has 3 nitrogen and oxygen atoms in total. The van der Waals surface area contributed by atoms with Gasteiger partial charge in [-0.3, -0.25) is 0 Å². The lowest BCUT2D eigenvalue weighted by Gasteiger charge is -2.10. The van der Waals surface area contributed by atoms with Gasteiger partial charge in [-0.15, -0.1) is 0 Å². The maximum Gasteiger partial charge on any atom is 0.207 e. The molecule has 1 aliphatic carbocycles. The van der Waals surface area contributed by atoms with Gasteiger partial charge in [0, 0.05) is 0 Å². The summed E-state index contributed by atoms with van der Waals surface area (Å²) in [5, 5.41) is 0. The van der Waals surface area contributed by atoms with E-state index in [1.165, 1.54) is 12.1 Å². The first-order chi connectivity index (χ1) is 11.5. The van der Waals surface area contributed by atoms with Gasteiger partial charge in [0.05, 0.1) is 15.5 Å². The van der Waals surface area contributed by atoms with E-state index in [9.17, 15) is 12.8 Å². The lowest BCUT2D eigenvalue weighted by Crippen LogP contribution is -2.06. The van der Waals surface area contributed by atoms with Gasteiger partial charge in [-0.2, -0.15) is 0 Å². The average molecular weight is 339 g/mol. The fourth-order valence-corrected chi connectivity index (χ4v) is 4.71. The molecule has 24 heavy (non-hydrogen) atoms. The zero-order valence-electron chi connectivity index (χ0n) is 12.7. The van der Waals surface area contributed by atoms with Crippen LogP contribution >= 0.6 is 0 Å². The van der Waals surface area contributed by atoms with Crippen molar-refractivity contribution in [2.45, 2.75) is 16.2 Å². The van der Waals surface area contributed by atoms with Gasteiger partial charge in [-0.05, 0) is 52.9 Å². The van der Waals surface area contributed by atoms with Crippen LogP contribution in [0.2, 0.25) is 0 Å². The molecule has 0 amide bonds. The van der Waals surface area contributed by atoms with E-state index < -0.39 is 15.7 Å². The molecule has 4 rings (SSSR count). The third-order valence-electron chi connectivity index (χ3n) is 4.38. The molecule has 0 fully saturated rings. The number of fused-ring (bicyclic) bond motifs is 3. The Labute approximate surface area is 139 Å². The molecule has 0 saturated heterocycles. The molecule has 0 bridgehead atoms. The van der Waals surface area contributed by atoms with E-state index in [0.29, 0.717) is 6.42 Å². The van der Waals surface area contributed by atoms with E-state index in [1.54, 1.807) is 12.1 Å². The van der Waals surface area contributed by atoms with Crippen LogP contribution in [0, 0.1) is 5.82 Å². The Morgan fingerprint density at radius 3 is 2.46 bits per heavy atom. The van der Waals surface area contributed by atoms with E-state index >= 15 is 0 Å². The highest BCUT2D eigenvalue weighted by atomic mass is 32.2. The van der Waals surface area contributed by atoms with Crippen molar-refractivity contribution in [3.8, 4) is 11.1 Å². The van der Waals surface area contributed by atoms with Crippen LogP contribution in [0.5, 0.6) is 0 Å². The molecule has 0 unspecified atom stereocenters. The molecule has 1 aliphatic rings. The minimum atomic E-state index is -3.82. The van der Waals surface area contributed by atoms with E-state index in [4.69, 9.17) is 5.73 Å². The highest BCUT2D eigenvalue weighted by Crippen LogP contribution is 2.40. The summed E-state index contributed by atoms with van der Waals surface area (Å²) in [5.41, 5.74) is 9.20. The van der Waals surface area contributed by atoms with Crippen molar-refractivity contribution in [1.29, 1.82) is 0 Å². The molecule has 0 heterocycles. The van der Waals surface area contributed by atoms with Crippen molar-refractivity contribution in [3.05, 3.63) is 77.6 Å². The van der Waals surface area contributed by atoms with E-state index in [1.807, 2.05) is 30.3 Å². The van der Waals surface area contributed by atoms with Gasteiger partial charge in [0.1, 0.15) is 5.82 Å². The first-order valence-electron chi connectivity index (χ1n) is 7.49. The van der Waals surface area contributed by atoms with E-state index in [0.717, 1.165) is 28.3 Å². The smallest absolute Gasteiger partial charge is 0.207 e. The molecule has 3 aromatic rings. The second-order valence-electron chi connectivity index (χ2n) is 5.80. The van der Waals surface area contributed by atoms with Crippen molar-refractivity contribution >= 4 is 15.5 Å². The zero-order chi connectivity index (χ0) is 16.9. The SMILES string of the molecule is Nc1ccc(S(=O)(=O)c2cccc3c2Cc2ccccc2-3)cc1F. The number of nitrogen functional groups attached to an aromatic ring is 1. The lowest BCUT2D eigenvalue weighted by molar-refractivity contribution is 0.591. The van der Waals surface area contributed by atoms with Gasteiger partial charge in [-0.1, -0.05) is 36.4 Å². The number of anilines is 1. The Morgan fingerprint density at radius 1 is 0.917 bits per heavy atom. The molecule has 0 saturated carbocycles. The lowest BCUT2D eigenvalue weighted by atomic mass is 10.1. The molecule has 120 valence electrons. The van der Waals surface area contributed by atoms with Gasteiger partial charge in [0.25, 0.3) is 0 Å². The second kappa shape index (κ2) is 5.18. The van der Waals surface area contributed by atoms with E-state index in [2.05, 4.69) is 0 Å². The van der Waals surface area contributed by atoms with Crippen LogP contribution in [-0.2, 0) is 16.3 Å². The highest BCUT2D eigenvalue weighted by Gasteiger charge is 2.28. The average Bonchev–Trinajstić information content (AvgIpc) is 2.95. The summed E-state index contributed by atoms with van der Waals surface area (Å²) < 4.78 is 39.7. The Morgan fingerprint density at radius 2 is 1.67 bits per heavy atom. The van der Waals surface area contributed by atoms with Crippen molar-refractivity contribution < 1.29 is 12.8 Å². The minimum absolute atomic E-state index is 0.0698. The molecule has 3 aromatic carbocycles. The monoisotopic (exact) mass is 339 g/mol. The van der Waals surface area contributed by atoms with Gasteiger partial charge >= 0.3 is 0 Å². The normalized spacial score (nSPS) is 12.7. The number of nitrogens with two attached hydrogens (primary N) is 1. The van der Waals surface area contributed by atoms with Crippen molar-refractivity contribution in [2.24, 2.45) is 0 Å². The van der Waals surface area contributed by atoms with Crippen LogP contribution in [0.25, 0.3) is 11.1 Å². The van der Waals surface area contributed by atoms with E-state index in [-0.39, 0.29) is 15.5 Å². The molecule has 0 radical (unpaired) electrons. The quantitative estimate of drug-likeness (QED) is 0.565. The standard InChI is InChI=1S/C19H14FNO2S/c20-17-11-13(8-9-18(17)21)24(22,23)19-7-3-6-15-14-5-2-1-4-12(14)10-16(15)19/h1-9,11H,10,21H2. The zero-order valence-corrected chi connectivity index (χ0v) is 13.5. The highest BCUT2D eigenvalue weighted by molar-refractivity contribution is 7.91. The maximum atomic E-state index is 13.7. The predicted molar refractivity (Wildman–Crippen MR) is 90.9 cm³/mol. The summed E-state index contributed by atoms with van der Waals surface area (Å²) in [4.78, 5) is 0.138. The molecule has 0 atom stereocenters. The van der Waals surface area contributed by atoms with Gasteiger partial charge in [0.15, 0.2) is 0 Å². The van der Waals surface area contributed by atoms with Crippen molar-refractivity contribution in [1.82, 2.24) is 0 Å². The number of hydrogen-bond acceptors (Lipinski definition) is 3. The van der Waals surface area contributed by atoms with Crippen LogP contribution in [0.3, 0.4) is 0 Å². The van der Waals surface area contributed by atoms with Crippen LogP contribution in [0.4, 0.5) is 10.1 Å². The molecule has 0 spiro atoms. The number of halogens is 1. The Bertz CT molecular complexity index is 1070. The summed E-state index contributed by atoms with van der Waals surface area (Å²) in [6.45, 7) is 0. The summed E-state index contributed by atoms with van der Waals surface area (Å²) in [6, 6.07) is 16.7. The van der Waals surface area contributed by atoms with Gasteiger partial charge in [-0.25, -0.2) is 12.8 Å².